The quantitative estimate of drug-likeness (QED) is 0.520. The Kier molecular flexibility index (Phi) is 5.86. The van der Waals surface area contributed by atoms with Gasteiger partial charge in [0.1, 0.15) is 11.6 Å². The maximum Gasteiger partial charge on any atom is 0.273 e. The summed E-state index contributed by atoms with van der Waals surface area (Å²) in [7, 11) is 0. The molecular formula is C21H15F2N3O2. The van der Waals surface area contributed by atoms with Crippen LogP contribution in [-0.2, 0) is 0 Å². The molecule has 2 N–H and O–H groups in total. The fraction of sp³-hybridized carbons (Fsp3) is 0. The minimum absolute atomic E-state index is 0.123. The van der Waals surface area contributed by atoms with Gasteiger partial charge < -0.3 is 5.32 Å². The highest BCUT2D eigenvalue weighted by Gasteiger charge is 2.15. The van der Waals surface area contributed by atoms with Crippen LogP contribution in [0.5, 0.6) is 0 Å². The van der Waals surface area contributed by atoms with Crippen LogP contribution in [0, 0.1) is 11.6 Å². The van der Waals surface area contributed by atoms with Crippen LogP contribution in [0.1, 0.15) is 26.3 Å². The molecule has 28 heavy (non-hydrogen) atoms. The van der Waals surface area contributed by atoms with E-state index < -0.39 is 23.4 Å². The van der Waals surface area contributed by atoms with Gasteiger partial charge in [-0.15, -0.1) is 0 Å². The van der Waals surface area contributed by atoms with E-state index in [9.17, 15) is 18.4 Å². The van der Waals surface area contributed by atoms with E-state index in [0.717, 1.165) is 0 Å². The fourth-order valence-corrected chi connectivity index (χ4v) is 2.43. The molecule has 0 heterocycles. The van der Waals surface area contributed by atoms with Gasteiger partial charge in [-0.3, -0.25) is 9.59 Å². The van der Waals surface area contributed by atoms with Crippen LogP contribution in [-0.4, -0.2) is 18.0 Å². The SMILES string of the molecule is O=C(Nc1ccccc1C(=O)N/N=C/c1ccccc1F)c1ccccc1F. The van der Waals surface area contributed by atoms with Crippen molar-refractivity contribution in [1.82, 2.24) is 5.43 Å². The van der Waals surface area contributed by atoms with Crippen molar-refractivity contribution in [3.63, 3.8) is 0 Å². The topological polar surface area (TPSA) is 70.6 Å². The largest absolute Gasteiger partial charge is 0.321 e. The lowest BCUT2D eigenvalue weighted by atomic mass is 10.1. The standard InChI is InChI=1S/C21H15F2N3O2/c22-17-10-4-1-7-14(17)13-24-26-21(28)16-9-3-6-12-19(16)25-20(27)15-8-2-5-11-18(15)23/h1-13H,(H,25,27)(H,26,28)/b24-13+. The molecule has 2 amide bonds. The number of hydrazone groups is 1. The number of amides is 2. The Hall–Kier alpha value is -3.87. The maximum absolute atomic E-state index is 13.8. The second kappa shape index (κ2) is 8.68. The van der Waals surface area contributed by atoms with Gasteiger partial charge in [-0.1, -0.05) is 42.5 Å². The summed E-state index contributed by atoms with van der Waals surface area (Å²) in [6.45, 7) is 0. The zero-order valence-electron chi connectivity index (χ0n) is 14.5. The van der Waals surface area contributed by atoms with Crippen molar-refractivity contribution in [3.8, 4) is 0 Å². The van der Waals surface area contributed by atoms with Crippen molar-refractivity contribution in [2.24, 2.45) is 5.10 Å². The number of anilines is 1. The van der Waals surface area contributed by atoms with Gasteiger partial charge in [-0.25, -0.2) is 14.2 Å². The molecule has 0 spiro atoms. The van der Waals surface area contributed by atoms with Crippen molar-refractivity contribution in [2.75, 3.05) is 5.32 Å². The summed E-state index contributed by atoms with van der Waals surface area (Å²) in [5, 5.41) is 6.25. The predicted molar refractivity (Wildman–Crippen MR) is 102 cm³/mol. The van der Waals surface area contributed by atoms with Crippen molar-refractivity contribution >= 4 is 23.7 Å². The molecule has 0 saturated carbocycles. The van der Waals surface area contributed by atoms with E-state index in [1.807, 2.05) is 0 Å². The van der Waals surface area contributed by atoms with Crippen LogP contribution in [0.3, 0.4) is 0 Å². The molecule has 7 heteroatoms. The summed E-state index contributed by atoms with van der Waals surface area (Å²) in [6.07, 6.45) is 1.17. The molecule has 0 atom stereocenters. The molecule has 5 nitrogen and oxygen atoms in total. The molecule has 0 aromatic heterocycles. The van der Waals surface area contributed by atoms with E-state index in [4.69, 9.17) is 0 Å². The lowest BCUT2D eigenvalue weighted by Crippen LogP contribution is -2.21. The van der Waals surface area contributed by atoms with Gasteiger partial charge in [0.25, 0.3) is 11.8 Å². The Labute approximate surface area is 159 Å². The summed E-state index contributed by atoms with van der Waals surface area (Å²) in [4.78, 5) is 24.7. The van der Waals surface area contributed by atoms with Crippen molar-refractivity contribution in [3.05, 3.63) is 101 Å². The van der Waals surface area contributed by atoms with Gasteiger partial charge in [-0.2, -0.15) is 5.10 Å². The summed E-state index contributed by atoms with van der Waals surface area (Å²) in [5.74, 6) is -2.44. The molecule has 0 radical (unpaired) electrons. The van der Waals surface area contributed by atoms with Crippen molar-refractivity contribution in [2.45, 2.75) is 0 Å². The molecular weight excluding hydrogens is 364 g/mol. The van der Waals surface area contributed by atoms with E-state index in [1.165, 1.54) is 54.7 Å². The van der Waals surface area contributed by atoms with Crippen molar-refractivity contribution < 1.29 is 18.4 Å². The molecule has 0 fully saturated rings. The van der Waals surface area contributed by atoms with Crippen LogP contribution in [0.25, 0.3) is 0 Å². The Morgan fingerprint density at radius 3 is 2.07 bits per heavy atom. The van der Waals surface area contributed by atoms with E-state index in [-0.39, 0.29) is 22.4 Å². The van der Waals surface area contributed by atoms with Crippen LogP contribution >= 0.6 is 0 Å². The fourth-order valence-electron chi connectivity index (χ4n) is 2.43. The van der Waals surface area contributed by atoms with Gasteiger partial charge in [0.15, 0.2) is 0 Å². The molecule has 0 aliphatic heterocycles. The first-order valence-corrected chi connectivity index (χ1v) is 8.29. The zero-order chi connectivity index (χ0) is 19.9. The number of carbonyl (C=O) groups is 2. The molecule has 3 aromatic carbocycles. The molecule has 0 aliphatic carbocycles. The highest BCUT2D eigenvalue weighted by Crippen LogP contribution is 2.17. The summed E-state index contributed by atoms with van der Waals surface area (Å²) >= 11 is 0. The third kappa shape index (κ3) is 4.45. The second-order valence-electron chi connectivity index (χ2n) is 5.70. The summed E-state index contributed by atoms with van der Waals surface area (Å²) in [6, 6.07) is 17.7. The minimum Gasteiger partial charge on any atom is -0.321 e. The average Bonchev–Trinajstić information content (AvgIpc) is 2.70. The summed E-state index contributed by atoms with van der Waals surface area (Å²) in [5.41, 5.74) is 2.66. The first-order valence-electron chi connectivity index (χ1n) is 8.29. The van der Waals surface area contributed by atoms with E-state index in [0.29, 0.717) is 0 Å². The third-order valence-corrected chi connectivity index (χ3v) is 3.81. The van der Waals surface area contributed by atoms with Crippen LogP contribution in [0.4, 0.5) is 14.5 Å². The Bertz CT molecular complexity index is 1050. The van der Waals surface area contributed by atoms with Crippen LogP contribution in [0.15, 0.2) is 77.9 Å². The molecule has 3 rings (SSSR count). The van der Waals surface area contributed by atoms with E-state index in [1.54, 1.807) is 24.3 Å². The number of hydrogen-bond donors (Lipinski definition) is 2. The lowest BCUT2D eigenvalue weighted by Gasteiger charge is -2.10. The third-order valence-electron chi connectivity index (χ3n) is 3.81. The number of rotatable bonds is 5. The second-order valence-corrected chi connectivity index (χ2v) is 5.70. The first-order chi connectivity index (χ1) is 13.6. The predicted octanol–water partition coefficient (Wildman–Crippen LogP) is 3.98. The van der Waals surface area contributed by atoms with Crippen LogP contribution < -0.4 is 10.7 Å². The first kappa shape index (κ1) is 18.9. The van der Waals surface area contributed by atoms with Gasteiger partial charge in [0.2, 0.25) is 0 Å². The van der Waals surface area contributed by atoms with Crippen molar-refractivity contribution in [1.29, 1.82) is 0 Å². The minimum atomic E-state index is -0.687. The number of carbonyl (C=O) groups excluding carboxylic acids is 2. The molecule has 0 aliphatic rings. The van der Waals surface area contributed by atoms with Gasteiger partial charge >= 0.3 is 0 Å². The highest BCUT2D eigenvalue weighted by atomic mass is 19.1. The Morgan fingerprint density at radius 1 is 0.750 bits per heavy atom. The number of nitrogens with one attached hydrogen (secondary N) is 2. The highest BCUT2D eigenvalue weighted by molar-refractivity contribution is 6.09. The monoisotopic (exact) mass is 379 g/mol. The molecule has 0 unspecified atom stereocenters. The van der Waals surface area contributed by atoms with Gasteiger partial charge in [0, 0.05) is 5.56 Å². The van der Waals surface area contributed by atoms with Gasteiger partial charge in [-0.05, 0) is 30.3 Å². The molecule has 0 bridgehead atoms. The van der Waals surface area contributed by atoms with Crippen LogP contribution in [0.2, 0.25) is 0 Å². The Morgan fingerprint density at radius 2 is 1.36 bits per heavy atom. The number of benzene rings is 3. The molecule has 3 aromatic rings. The smallest absolute Gasteiger partial charge is 0.273 e. The lowest BCUT2D eigenvalue weighted by molar-refractivity contribution is 0.0956. The summed E-state index contributed by atoms with van der Waals surface area (Å²) < 4.78 is 27.3. The normalized spacial score (nSPS) is 10.6. The number of nitrogens with zero attached hydrogens (tertiary/aromatic N) is 1. The average molecular weight is 379 g/mol. The zero-order valence-corrected chi connectivity index (χ0v) is 14.5. The van der Waals surface area contributed by atoms with E-state index >= 15 is 0 Å². The molecule has 140 valence electrons. The molecule has 0 saturated heterocycles. The van der Waals surface area contributed by atoms with Gasteiger partial charge in [0.05, 0.1) is 23.0 Å². The van der Waals surface area contributed by atoms with E-state index in [2.05, 4.69) is 15.8 Å². The Balaban J connectivity index is 1.74. The maximum atomic E-state index is 13.8. The number of para-hydroxylation sites is 1. The number of hydrogen-bond acceptors (Lipinski definition) is 3. The number of halogens is 2.